The molecule has 1 aromatic carbocycles. The number of anilines is 1. The largest absolute Gasteiger partial charge is 0.392 e. The van der Waals surface area contributed by atoms with Crippen molar-refractivity contribution in [2.24, 2.45) is 0 Å². The monoisotopic (exact) mass is 185 g/mol. The van der Waals surface area contributed by atoms with E-state index in [4.69, 9.17) is 16.7 Å². The highest BCUT2D eigenvalue weighted by Gasteiger charge is 2.02. The maximum absolute atomic E-state index is 8.82. The molecule has 12 heavy (non-hydrogen) atoms. The van der Waals surface area contributed by atoms with Crippen LogP contribution >= 0.6 is 11.6 Å². The van der Waals surface area contributed by atoms with Crippen LogP contribution in [0.2, 0.25) is 5.02 Å². The van der Waals surface area contributed by atoms with E-state index in [1.165, 1.54) is 0 Å². The molecule has 66 valence electrons. The molecule has 0 heterocycles. The molecule has 0 amide bonds. The molecule has 0 bridgehead atoms. The maximum Gasteiger partial charge on any atom is 0.0682 e. The molecule has 0 atom stereocenters. The second-order valence-corrected chi connectivity index (χ2v) is 3.25. The van der Waals surface area contributed by atoms with Crippen molar-refractivity contribution in [3.8, 4) is 0 Å². The zero-order valence-electron chi connectivity index (χ0n) is 7.21. The fourth-order valence-corrected chi connectivity index (χ4v) is 1.38. The van der Waals surface area contributed by atoms with Gasteiger partial charge >= 0.3 is 0 Å². The quantitative estimate of drug-likeness (QED) is 0.761. The van der Waals surface area contributed by atoms with E-state index in [0.717, 1.165) is 11.3 Å². The molecular formula is C9H12ClNO. The van der Waals surface area contributed by atoms with Crippen molar-refractivity contribution >= 4 is 17.3 Å². The van der Waals surface area contributed by atoms with Crippen LogP contribution in [0.25, 0.3) is 0 Å². The minimum absolute atomic E-state index is 0.0351. The molecule has 0 spiro atoms. The molecule has 1 N–H and O–H groups in total. The van der Waals surface area contributed by atoms with Crippen LogP contribution in [0.1, 0.15) is 5.56 Å². The van der Waals surface area contributed by atoms with Crippen LogP contribution in [0.5, 0.6) is 0 Å². The number of benzene rings is 1. The van der Waals surface area contributed by atoms with E-state index in [-0.39, 0.29) is 6.61 Å². The van der Waals surface area contributed by atoms with Crippen LogP contribution in [-0.4, -0.2) is 19.2 Å². The zero-order chi connectivity index (χ0) is 9.14. The maximum atomic E-state index is 8.82. The molecule has 0 radical (unpaired) electrons. The van der Waals surface area contributed by atoms with Gasteiger partial charge in [0.25, 0.3) is 0 Å². The highest BCUT2D eigenvalue weighted by atomic mass is 35.5. The van der Waals surface area contributed by atoms with Gasteiger partial charge in [-0.3, -0.25) is 0 Å². The summed E-state index contributed by atoms with van der Waals surface area (Å²) in [4.78, 5) is 1.93. The Morgan fingerprint density at radius 3 is 2.50 bits per heavy atom. The summed E-state index contributed by atoms with van der Waals surface area (Å²) in [5, 5.41) is 9.49. The van der Waals surface area contributed by atoms with Gasteiger partial charge in [-0.25, -0.2) is 0 Å². The summed E-state index contributed by atoms with van der Waals surface area (Å²) >= 11 is 5.95. The number of aliphatic hydroxyl groups is 1. The molecule has 0 unspecified atom stereocenters. The fraction of sp³-hybridized carbons (Fsp3) is 0.333. The Morgan fingerprint density at radius 2 is 2.08 bits per heavy atom. The van der Waals surface area contributed by atoms with Crippen LogP contribution in [-0.2, 0) is 6.61 Å². The van der Waals surface area contributed by atoms with Crippen molar-refractivity contribution in [1.82, 2.24) is 0 Å². The van der Waals surface area contributed by atoms with Gasteiger partial charge in [-0.05, 0) is 17.7 Å². The Kier molecular flexibility index (Phi) is 2.95. The number of rotatable bonds is 2. The van der Waals surface area contributed by atoms with E-state index in [0.29, 0.717) is 5.02 Å². The van der Waals surface area contributed by atoms with Gasteiger partial charge in [-0.2, -0.15) is 0 Å². The number of hydrogen-bond acceptors (Lipinski definition) is 2. The highest BCUT2D eigenvalue weighted by Crippen LogP contribution is 2.24. The summed E-state index contributed by atoms with van der Waals surface area (Å²) in [5.41, 5.74) is 1.81. The van der Waals surface area contributed by atoms with Gasteiger partial charge < -0.3 is 10.0 Å². The average Bonchev–Trinajstić information content (AvgIpc) is 2.03. The number of nitrogens with zero attached hydrogens (tertiary/aromatic N) is 1. The molecule has 0 aliphatic heterocycles. The van der Waals surface area contributed by atoms with Crippen molar-refractivity contribution < 1.29 is 5.11 Å². The Morgan fingerprint density at radius 1 is 1.42 bits per heavy atom. The van der Waals surface area contributed by atoms with Crippen LogP contribution in [0.3, 0.4) is 0 Å². The normalized spacial score (nSPS) is 10.0. The fourth-order valence-electron chi connectivity index (χ4n) is 1.01. The molecule has 1 rings (SSSR count). The predicted molar refractivity (Wildman–Crippen MR) is 51.7 cm³/mol. The van der Waals surface area contributed by atoms with Gasteiger partial charge in [-0.15, -0.1) is 0 Å². The van der Waals surface area contributed by atoms with Gasteiger partial charge in [0.1, 0.15) is 0 Å². The Balaban J connectivity index is 3.03. The van der Waals surface area contributed by atoms with Crippen molar-refractivity contribution in [3.63, 3.8) is 0 Å². The number of aliphatic hydroxyl groups excluding tert-OH is 1. The summed E-state index contributed by atoms with van der Waals surface area (Å²) in [6.45, 7) is 0.0351. The lowest BCUT2D eigenvalue weighted by molar-refractivity contribution is 0.282. The van der Waals surface area contributed by atoms with Crippen LogP contribution in [0.4, 0.5) is 5.69 Å². The second-order valence-electron chi connectivity index (χ2n) is 2.84. The van der Waals surface area contributed by atoms with Crippen molar-refractivity contribution in [2.45, 2.75) is 6.61 Å². The van der Waals surface area contributed by atoms with E-state index in [2.05, 4.69) is 0 Å². The third-order valence-corrected chi connectivity index (χ3v) is 1.98. The van der Waals surface area contributed by atoms with E-state index in [1.54, 1.807) is 6.07 Å². The Labute approximate surface area is 77.4 Å². The van der Waals surface area contributed by atoms with E-state index >= 15 is 0 Å². The lowest BCUT2D eigenvalue weighted by Crippen LogP contribution is -2.09. The first-order valence-corrected chi connectivity index (χ1v) is 4.09. The van der Waals surface area contributed by atoms with Crippen LogP contribution in [0.15, 0.2) is 18.2 Å². The van der Waals surface area contributed by atoms with Gasteiger partial charge in [0.15, 0.2) is 0 Å². The van der Waals surface area contributed by atoms with Crippen molar-refractivity contribution in [1.29, 1.82) is 0 Å². The summed E-state index contributed by atoms with van der Waals surface area (Å²) in [6.07, 6.45) is 0. The predicted octanol–water partition coefficient (Wildman–Crippen LogP) is 1.90. The standard InChI is InChI=1S/C9H12ClNO/c1-11(2)9-4-3-7(6-12)5-8(9)10/h3-5,12H,6H2,1-2H3. The van der Waals surface area contributed by atoms with Gasteiger partial charge in [0.2, 0.25) is 0 Å². The number of hydrogen-bond donors (Lipinski definition) is 1. The first-order chi connectivity index (χ1) is 5.65. The smallest absolute Gasteiger partial charge is 0.0682 e. The van der Waals surface area contributed by atoms with Crippen molar-refractivity contribution in [2.75, 3.05) is 19.0 Å². The molecule has 1 aromatic rings. The summed E-state index contributed by atoms with van der Waals surface area (Å²) in [7, 11) is 3.86. The third-order valence-electron chi connectivity index (χ3n) is 1.68. The van der Waals surface area contributed by atoms with E-state index in [9.17, 15) is 0 Å². The summed E-state index contributed by atoms with van der Waals surface area (Å²) in [6, 6.07) is 5.53. The van der Waals surface area contributed by atoms with Gasteiger partial charge in [-0.1, -0.05) is 17.7 Å². The van der Waals surface area contributed by atoms with Crippen molar-refractivity contribution in [3.05, 3.63) is 28.8 Å². The molecule has 0 aliphatic carbocycles. The molecule has 0 saturated carbocycles. The minimum atomic E-state index is 0.0351. The Bertz CT molecular complexity index is 273. The van der Waals surface area contributed by atoms with Gasteiger partial charge in [0.05, 0.1) is 17.3 Å². The van der Waals surface area contributed by atoms with Gasteiger partial charge in [0, 0.05) is 14.1 Å². The average molecular weight is 186 g/mol. The first-order valence-electron chi connectivity index (χ1n) is 3.71. The summed E-state index contributed by atoms with van der Waals surface area (Å²) < 4.78 is 0. The molecule has 0 saturated heterocycles. The molecule has 2 nitrogen and oxygen atoms in total. The second kappa shape index (κ2) is 3.78. The minimum Gasteiger partial charge on any atom is -0.392 e. The molecule has 0 aromatic heterocycles. The molecule has 0 aliphatic rings. The van der Waals surface area contributed by atoms with Crippen LogP contribution in [0, 0.1) is 0 Å². The summed E-state index contributed by atoms with van der Waals surface area (Å²) in [5.74, 6) is 0. The lowest BCUT2D eigenvalue weighted by atomic mass is 10.2. The molecule has 3 heteroatoms. The Hall–Kier alpha value is -0.730. The highest BCUT2D eigenvalue weighted by molar-refractivity contribution is 6.33. The lowest BCUT2D eigenvalue weighted by Gasteiger charge is -2.14. The van der Waals surface area contributed by atoms with Crippen LogP contribution < -0.4 is 4.90 Å². The zero-order valence-corrected chi connectivity index (χ0v) is 7.97. The SMILES string of the molecule is CN(C)c1ccc(CO)cc1Cl. The first kappa shape index (κ1) is 9.36. The number of halogens is 1. The molecular weight excluding hydrogens is 174 g/mol. The van der Waals surface area contributed by atoms with E-state index in [1.807, 2.05) is 31.1 Å². The molecule has 0 fully saturated rings. The topological polar surface area (TPSA) is 23.5 Å². The third kappa shape index (κ3) is 1.90. The van der Waals surface area contributed by atoms with E-state index < -0.39 is 0 Å².